The lowest BCUT2D eigenvalue weighted by molar-refractivity contribution is -0.141. The van der Waals surface area contributed by atoms with Gasteiger partial charge in [-0.2, -0.15) is 0 Å². The maximum Gasteiger partial charge on any atom is 0.326 e. The summed E-state index contributed by atoms with van der Waals surface area (Å²) in [5.74, 6) is -1.56. The van der Waals surface area contributed by atoms with Crippen molar-refractivity contribution < 1.29 is 24.2 Å². The fourth-order valence-corrected chi connectivity index (χ4v) is 2.40. The van der Waals surface area contributed by atoms with Crippen LogP contribution in [0.25, 0.3) is 0 Å². The summed E-state index contributed by atoms with van der Waals surface area (Å²) in [4.78, 5) is 24.3. The highest BCUT2D eigenvalue weighted by Gasteiger charge is 2.39. The van der Waals surface area contributed by atoms with Crippen LogP contribution in [0, 0.1) is 5.82 Å². The molecule has 1 heterocycles. The van der Waals surface area contributed by atoms with Crippen molar-refractivity contribution in [3.63, 3.8) is 0 Å². The summed E-state index contributed by atoms with van der Waals surface area (Å²) in [5, 5.41) is 21.2. The van der Waals surface area contributed by atoms with E-state index in [9.17, 15) is 19.1 Å². The Balaban J connectivity index is 2.05. The van der Waals surface area contributed by atoms with Crippen LogP contribution in [0.2, 0.25) is 0 Å². The fraction of sp³-hybridized carbons (Fsp3) is 0.429. The number of urea groups is 1. The summed E-state index contributed by atoms with van der Waals surface area (Å²) in [6.07, 6.45) is -0.835. The molecule has 0 radical (unpaired) electrons. The number of aliphatic hydroxyl groups is 1. The summed E-state index contributed by atoms with van der Waals surface area (Å²) < 4.78 is 13.2. The van der Waals surface area contributed by atoms with Gasteiger partial charge in [0.05, 0.1) is 12.1 Å². The van der Waals surface area contributed by atoms with Gasteiger partial charge in [0.25, 0.3) is 0 Å². The van der Waals surface area contributed by atoms with E-state index >= 15 is 0 Å². The summed E-state index contributed by atoms with van der Waals surface area (Å²) in [5.41, 5.74) is 0.579. The molecular weight excluding hydrogens is 279 g/mol. The molecule has 2 rings (SSSR count). The summed E-state index contributed by atoms with van der Waals surface area (Å²) >= 11 is 0. The first kappa shape index (κ1) is 15.2. The highest BCUT2D eigenvalue weighted by molar-refractivity contribution is 5.83. The number of nitrogens with one attached hydrogen (secondary N) is 1. The third kappa shape index (κ3) is 3.49. The average Bonchev–Trinajstić information content (AvgIpc) is 2.81. The number of hydrogen-bond acceptors (Lipinski definition) is 3. The first-order chi connectivity index (χ1) is 9.88. The molecule has 1 aromatic rings. The molecule has 1 unspecified atom stereocenters. The van der Waals surface area contributed by atoms with Crippen LogP contribution in [0.5, 0.6) is 0 Å². The van der Waals surface area contributed by atoms with E-state index in [1.165, 1.54) is 18.2 Å². The highest BCUT2D eigenvalue weighted by atomic mass is 19.1. The number of rotatable bonds is 3. The van der Waals surface area contributed by atoms with E-state index in [0.717, 1.165) is 4.90 Å². The van der Waals surface area contributed by atoms with Gasteiger partial charge in [0.2, 0.25) is 0 Å². The van der Waals surface area contributed by atoms with Crippen LogP contribution in [-0.4, -0.2) is 45.8 Å². The zero-order valence-corrected chi connectivity index (χ0v) is 11.5. The van der Waals surface area contributed by atoms with E-state index < -0.39 is 36.0 Å². The van der Waals surface area contributed by atoms with E-state index in [1.54, 1.807) is 13.0 Å². The Morgan fingerprint density at radius 2 is 2.19 bits per heavy atom. The summed E-state index contributed by atoms with van der Waals surface area (Å²) in [6.45, 7) is 1.65. The Bertz CT molecular complexity index is 552. The molecule has 1 saturated heterocycles. The Labute approximate surface area is 121 Å². The van der Waals surface area contributed by atoms with Crippen molar-refractivity contribution in [1.82, 2.24) is 10.2 Å². The Hall–Kier alpha value is -2.15. The van der Waals surface area contributed by atoms with Crippen molar-refractivity contribution in [3.8, 4) is 0 Å². The van der Waals surface area contributed by atoms with Gasteiger partial charge in [-0.05, 0) is 24.6 Å². The number of carbonyl (C=O) groups is 2. The monoisotopic (exact) mass is 296 g/mol. The predicted octanol–water partition coefficient (Wildman–Crippen LogP) is 1.12. The number of likely N-dealkylation sites (tertiary alicyclic amines) is 1. The van der Waals surface area contributed by atoms with Crippen LogP contribution < -0.4 is 5.32 Å². The molecule has 1 aliphatic rings. The Kier molecular flexibility index (Phi) is 4.42. The molecule has 1 aromatic carbocycles. The van der Waals surface area contributed by atoms with Crippen molar-refractivity contribution in [2.75, 3.05) is 6.54 Å². The minimum Gasteiger partial charge on any atom is -0.480 e. The van der Waals surface area contributed by atoms with Crippen molar-refractivity contribution in [1.29, 1.82) is 0 Å². The van der Waals surface area contributed by atoms with Gasteiger partial charge >= 0.3 is 12.0 Å². The van der Waals surface area contributed by atoms with Gasteiger partial charge in [0.15, 0.2) is 0 Å². The number of benzene rings is 1. The van der Waals surface area contributed by atoms with Crippen LogP contribution in [0.1, 0.15) is 24.9 Å². The molecule has 2 amide bonds. The molecule has 6 nitrogen and oxygen atoms in total. The van der Waals surface area contributed by atoms with Crippen molar-refractivity contribution in [3.05, 3.63) is 35.6 Å². The second-order valence-electron chi connectivity index (χ2n) is 5.12. The first-order valence-corrected chi connectivity index (χ1v) is 6.62. The number of carboxylic acids is 1. The molecule has 3 atom stereocenters. The van der Waals surface area contributed by atoms with Gasteiger partial charge < -0.3 is 20.4 Å². The molecule has 114 valence electrons. The lowest BCUT2D eigenvalue weighted by atomic mass is 10.1. The first-order valence-electron chi connectivity index (χ1n) is 6.62. The maximum absolute atomic E-state index is 13.2. The molecule has 0 saturated carbocycles. The predicted molar refractivity (Wildman–Crippen MR) is 72.1 cm³/mol. The lowest BCUT2D eigenvalue weighted by Crippen LogP contribution is -2.46. The van der Waals surface area contributed by atoms with E-state index in [0.29, 0.717) is 5.56 Å². The molecular formula is C14H17FN2O4. The van der Waals surface area contributed by atoms with E-state index in [2.05, 4.69) is 5.32 Å². The van der Waals surface area contributed by atoms with Gasteiger partial charge in [-0.3, -0.25) is 0 Å². The quantitative estimate of drug-likeness (QED) is 0.779. The van der Waals surface area contributed by atoms with Crippen LogP contribution in [0.4, 0.5) is 9.18 Å². The molecule has 0 aliphatic carbocycles. The molecule has 3 N–H and O–H groups in total. The van der Waals surface area contributed by atoms with E-state index in [4.69, 9.17) is 5.11 Å². The summed E-state index contributed by atoms with van der Waals surface area (Å²) in [7, 11) is 0. The van der Waals surface area contributed by atoms with Gasteiger partial charge in [0.1, 0.15) is 11.9 Å². The van der Waals surface area contributed by atoms with Crippen LogP contribution in [-0.2, 0) is 4.79 Å². The van der Waals surface area contributed by atoms with Crippen molar-refractivity contribution >= 4 is 12.0 Å². The number of halogens is 1. The number of hydrogen-bond donors (Lipinski definition) is 3. The molecule has 0 aromatic heterocycles. The normalized spacial score (nSPS) is 22.9. The van der Waals surface area contributed by atoms with Crippen LogP contribution >= 0.6 is 0 Å². The van der Waals surface area contributed by atoms with Crippen LogP contribution in [0.15, 0.2) is 24.3 Å². The van der Waals surface area contributed by atoms with E-state index in [1.807, 2.05) is 0 Å². The van der Waals surface area contributed by atoms with E-state index in [-0.39, 0.29) is 13.0 Å². The second kappa shape index (κ2) is 6.09. The lowest BCUT2D eigenvalue weighted by Gasteiger charge is -2.24. The number of nitrogens with zero attached hydrogens (tertiary/aromatic N) is 1. The van der Waals surface area contributed by atoms with Gasteiger partial charge in [0, 0.05) is 13.0 Å². The largest absolute Gasteiger partial charge is 0.480 e. The molecule has 1 aliphatic heterocycles. The number of carbonyl (C=O) groups excluding carboxylic acids is 1. The Morgan fingerprint density at radius 1 is 1.48 bits per heavy atom. The smallest absolute Gasteiger partial charge is 0.326 e. The van der Waals surface area contributed by atoms with Crippen LogP contribution in [0.3, 0.4) is 0 Å². The van der Waals surface area contributed by atoms with Gasteiger partial charge in [-0.25, -0.2) is 14.0 Å². The fourth-order valence-electron chi connectivity index (χ4n) is 2.40. The SMILES string of the molecule is CC(NC(=O)N1C[C@H](O)C[C@@H]1C(=O)O)c1cccc(F)c1. The number of aliphatic carboxylic acids is 1. The molecule has 7 heteroatoms. The number of carboxylic acid groups (broad SMARTS) is 1. The zero-order chi connectivity index (χ0) is 15.6. The number of amides is 2. The van der Waals surface area contributed by atoms with Gasteiger partial charge in [-0.1, -0.05) is 12.1 Å². The maximum atomic E-state index is 13.2. The summed E-state index contributed by atoms with van der Waals surface area (Å²) in [6, 6.07) is 3.71. The minimum absolute atomic E-state index is 0.0110. The molecule has 0 bridgehead atoms. The Morgan fingerprint density at radius 3 is 2.81 bits per heavy atom. The third-order valence-corrected chi connectivity index (χ3v) is 3.51. The standard InChI is InChI=1S/C14H17FN2O4/c1-8(9-3-2-4-10(15)5-9)16-14(21)17-7-11(18)6-12(17)13(19)20/h2-5,8,11-12,18H,6-7H2,1H3,(H,16,21)(H,19,20)/t8?,11-,12-/m1/s1. The number of β-amino-alcohol motifs (C(OH)–C–C–N with tert-alkyl or cyclic N) is 1. The number of aliphatic hydroxyl groups excluding tert-OH is 1. The highest BCUT2D eigenvalue weighted by Crippen LogP contribution is 2.20. The topological polar surface area (TPSA) is 89.9 Å². The molecule has 21 heavy (non-hydrogen) atoms. The second-order valence-corrected chi connectivity index (χ2v) is 5.12. The van der Waals surface area contributed by atoms with Crippen molar-refractivity contribution in [2.45, 2.75) is 31.5 Å². The molecule has 0 spiro atoms. The third-order valence-electron chi connectivity index (χ3n) is 3.51. The zero-order valence-electron chi connectivity index (χ0n) is 11.5. The molecule has 1 fully saturated rings. The van der Waals surface area contributed by atoms with Crippen molar-refractivity contribution in [2.24, 2.45) is 0 Å². The average molecular weight is 296 g/mol. The van der Waals surface area contributed by atoms with Gasteiger partial charge in [-0.15, -0.1) is 0 Å². The minimum atomic E-state index is -1.15.